The van der Waals surface area contributed by atoms with E-state index in [1.165, 1.54) is 0 Å². The minimum absolute atomic E-state index is 0. The average Bonchev–Trinajstić information content (AvgIpc) is 2.94. The summed E-state index contributed by atoms with van der Waals surface area (Å²) in [4.78, 5) is 32.5. The molecule has 1 unspecified atom stereocenters. The summed E-state index contributed by atoms with van der Waals surface area (Å²) in [5, 5.41) is 0. The minimum Gasteiger partial charge on any atom is -0.340 e. The highest BCUT2D eigenvalue weighted by Crippen LogP contribution is 2.41. The molecule has 0 spiro atoms. The molecule has 30 heavy (non-hydrogen) atoms. The van der Waals surface area contributed by atoms with Crippen LogP contribution < -0.4 is 4.90 Å². The molecule has 160 valence electrons. The molecule has 4 rings (SSSR count). The number of anilines is 1. The van der Waals surface area contributed by atoms with Crippen molar-refractivity contribution in [3.8, 4) is 0 Å². The van der Waals surface area contributed by atoms with Crippen molar-refractivity contribution in [2.75, 3.05) is 38.1 Å². The molecule has 1 fully saturated rings. The first-order valence-electron chi connectivity index (χ1n) is 10.0. The number of nitrogens with zero attached hydrogens (tertiary/aromatic N) is 3. The topological polar surface area (TPSA) is 43.9 Å². The number of likely N-dealkylation sites (N-methyl/N-ethyl adjacent to an activating group) is 1. The average molecular weight is 493 g/mol. The van der Waals surface area contributed by atoms with Crippen molar-refractivity contribution in [2.45, 2.75) is 26.3 Å². The van der Waals surface area contributed by atoms with Gasteiger partial charge >= 0.3 is 0 Å². The van der Waals surface area contributed by atoms with Crippen LogP contribution in [-0.2, 0) is 4.79 Å². The summed E-state index contributed by atoms with van der Waals surface area (Å²) in [6.07, 6.45) is 0.303. The van der Waals surface area contributed by atoms with E-state index in [9.17, 15) is 9.59 Å². The lowest BCUT2D eigenvalue weighted by Crippen LogP contribution is -2.47. The lowest BCUT2D eigenvalue weighted by molar-refractivity contribution is -0.133. The fourth-order valence-electron chi connectivity index (χ4n) is 4.18. The second-order valence-electron chi connectivity index (χ2n) is 8.08. The smallest absolute Gasteiger partial charge is 0.259 e. The van der Waals surface area contributed by atoms with Gasteiger partial charge in [-0.05, 0) is 61.9 Å². The van der Waals surface area contributed by atoms with Gasteiger partial charge in [0.2, 0.25) is 5.91 Å². The van der Waals surface area contributed by atoms with Crippen molar-refractivity contribution < 1.29 is 9.59 Å². The quantitative estimate of drug-likeness (QED) is 0.640. The molecule has 0 aromatic heterocycles. The van der Waals surface area contributed by atoms with Crippen LogP contribution in [0.2, 0.25) is 0 Å². The van der Waals surface area contributed by atoms with E-state index in [0.29, 0.717) is 12.0 Å². The highest BCUT2D eigenvalue weighted by Gasteiger charge is 2.40. The van der Waals surface area contributed by atoms with E-state index < -0.39 is 0 Å². The number of aryl methyl sites for hydroxylation is 2. The van der Waals surface area contributed by atoms with Crippen LogP contribution in [0.1, 0.15) is 39.5 Å². The van der Waals surface area contributed by atoms with Gasteiger partial charge in [0.15, 0.2) is 0 Å². The van der Waals surface area contributed by atoms with Crippen LogP contribution in [-0.4, -0.2) is 54.8 Å². The lowest BCUT2D eigenvalue weighted by Gasteiger charge is -2.34. The van der Waals surface area contributed by atoms with Crippen molar-refractivity contribution in [2.24, 2.45) is 0 Å². The molecule has 7 heteroatoms. The highest BCUT2D eigenvalue weighted by atomic mass is 79.9. The molecule has 0 N–H and O–H groups in total. The van der Waals surface area contributed by atoms with E-state index in [-0.39, 0.29) is 30.3 Å². The minimum atomic E-state index is -0.279. The summed E-state index contributed by atoms with van der Waals surface area (Å²) in [7, 11) is 2.08. The summed E-state index contributed by atoms with van der Waals surface area (Å²) in [6, 6.07) is 11.5. The molecular formula is C23H27BrClN3O2. The molecule has 2 aliphatic heterocycles. The van der Waals surface area contributed by atoms with Gasteiger partial charge in [0.1, 0.15) is 0 Å². The Morgan fingerprint density at radius 1 is 1.07 bits per heavy atom. The van der Waals surface area contributed by atoms with Gasteiger partial charge in [0.25, 0.3) is 5.91 Å². The van der Waals surface area contributed by atoms with Crippen molar-refractivity contribution in [1.29, 1.82) is 0 Å². The molecular weight excluding hydrogens is 466 g/mol. The zero-order chi connectivity index (χ0) is 20.7. The summed E-state index contributed by atoms with van der Waals surface area (Å²) in [5.41, 5.74) is 4.72. The van der Waals surface area contributed by atoms with Gasteiger partial charge < -0.3 is 14.7 Å². The number of carbonyl (C=O) groups excluding carboxylic acids is 2. The zero-order valence-corrected chi connectivity index (χ0v) is 19.9. The van der Waals surface area contributed by atoms with Gasteiger partial charge in [-0.1, -0.05) is 28.1 Å². The molecule has 1 atom stereocenters. The normalized spacial score (nSPS) is 18.9. The number of fused-ring (bicyclic) bond motifs is 1. The molecule has 0 aliphatic carbocycles. The molecule has 2 heterocycles. The third-order valence-electron chi connectivity index (χ3n) is 6.10. The van der Waals surface area contributed by atoms with Gasteiger partial charge in [0, 0.05) is 41.9 Å². The van der Waals surface area contributed by atoms with Crippen LogP contribution in [0.5, 0.6) is 0 Å². The molecule has 1 saturated heterocycles. The number of hydrogen-bond acceptors (Lipinski definition) is 3. The van der Waals surface area contributed by atoms with Crippen molar-refractivity contribution in [3.63, 3.8) is 0 Å². The Hall–Kier alpha value is -1.89. The fraction of sp³-hybridized carbons (Fsp3) is 0.391. The molecule has 2 aliphatic rings. The molecule has 5 nitrogen and oxygen atoms in total. The van der Waals surface area contributed by atoms with Crippen LogP contribution in [0, 0.1) is 13.8 Å². The molecule has 2 aromatic carbocycles. The standard InChI is InChI=1S/C23H26BrN3O2.ClH/c1-15-11-19-20(12-16(15)2)23(29)27(18-6-4-5-17(24)13-18)21(19)14-22(28)26-9-7-25(3)8-10-26;/h4-6,11-13,21H,7-10,14H2,1-3H3;1H. The van der Waals surface area contributed by atoms with Crippen molar-refractivity contribution in [1.82, 2.24) is 9.80 Å². The first kappa shape index (κ1) is 22.8. The maximum absolute atomic E-state index is 13.4. The lowest BCUT2D eigenvalue weighted by atomic mass is 9.96. The van der Waals surface area contributed by atoms with Crippen LogP contribution in [0.15, 0.2) is 40.9 Å². The van der Waals surface area contributed by atoms with Crippen molar-refractivity contribution in [3.05, 3.63) is 63.1 Å². The number of piperazine rings is 1. The second kappa shape index (κ2) is 9.08. The number of amides is 2. The third-order valence-corrected chi connectivity index (χ3v) is 6.59. The zero-order valence-electron chi connectivity index (χ0n) is 17.5. The fourth-order valence-corrected chi connectivity index (χ4v) is 4.57. The van der Waals surface area contributed by atoms with E-state index in [1.54, 1.807) is 4.90 Å². The van der Waals surface area contributed by atoms with Crippen LogP contribution in [0.25, 0.3) is 0 Å². The Kier molecular flexibility index (Phi) is 6.90. The van der Waals surface area contributed by atoms with Gasteiger partial charge in [-0.3, -0.25) is 9.59 Å². The van der Waals surface area contributed by atoms with Gasteiger partial charge in [-0.15, -0.1) is 12.4 Å². The van der Waals surface area contributed by atoms with Crippen LogP contribution in [0.4, 0.5) is 5.69 Å². The maximum atomic E-state index is 13.4. The molecule has 0 radical (unpaired) electrons. The van der Waals surface area contributed by atoms with E-state index in [2.05, 4.69) is 40.9 Å². The maximum Gasteiger partial charge on any atom is 0.259 e. The molecule has 0 bridgehead atoms. The SMILES string of the molecule is Cc1cc2c(cc1C)C(CC(=O)N1CCN(C)CC1)N(c1cccc(Br)c1)C2=O.Cl. The number of hydrogen-bond donors (Lipinski definition) is 0. The van der Waals surface area contributed by atoms with E-state index in [1.807, 2.05) is 42.2 Å². The Labute approximate surface area is 192 Å². The first-order chi connectivity index (χ1) is 13.8. The molecule has 2 aromatic rings. The third kappa shape index (κ3) is 4.27. The summed E-state index contributed by atoms with van der Waals surface area (Å²) in [6.45, 7) is 7.34. The largest absolute Gasteiger partial charge is 0.340 e. The number of halogens is 2. The summed E-state index contributed by atoms with van der Waals surface area (Å²) < 4.78 is 0.912. The Morgan fingerprint density at radius 2 is 1.73 bits per heavy atom. The van der Waals surface area contributed by atoms with E-state index in [0.717, 1.165) is 53.0 Å². The second-order valence-corrected chi connectivity index (χ2v) is 9.00. The Bertz CT molecular complexity index is 973. The van der Waals surface area contributed by atoms with Crippen LogP contribution >= 0.6 is 28.3 Å². The monoisotopic (exact) mass is 491 g/mol. The van der Waals surface area contributed by atoms with Gasteiger partial charge in [-0.25, -0.2) is 0 Å². The first-order valence-corrected chi connectivity index (χ1v) is 10.8. The highest BCUT2D eigenvalue weighted by molar-refractivity contribution is 9.10. The van der Waals surface area contributed by atoms with Gasteiger partial charge in [-0.2, -0.15) is 0 Å². The van der Waals surface area contributed by atoms with Crippen LogP contribution in [0.3, 0.4) is 0 Å². The number of benzene rings is 2. The molecule has 0 saturated carbocycles. The number of carbonyl (C=O) groups is 2. The number of rotatable bonds is 3. The van der Waals surface area contributed by atoms with Crippen molar-refractivity contribution >= 4 is 45.8 Å². The Balaban J connectivity index is 0.00000256. The predicted molar refractivity (Wildman–Crippen MR) is 126 cm³/mol. The van der Waals surface area contributed by atoms with E-state index >= 15 is 0 Å². The van der Waals surface area contributed by atoms with E-state index in [4.69, 9.17) is 0 Å². The molecule has 2 amide bonds. The predicted octanol–water partition coefficient (Wildman–Crippen LogP) is 4.35. The van der Waals surface area contributed by atoms with Gasteiger partial charge in [0.05, 0.1) is 12.5 Å². The summed E-state index contributed by atoms with van der Waals surface area (Å²) in [5.74, 6) is 0.0827. The Morgan fingerprint density at radius 3 is 2.40 bits per heavy atom. The summed E-state index contributed by atoms with van der Waals surface area (Å²) >= 11 is 3.51.